The maximum Gasteiger partial charge on any atom is 0.527 e. The second-order valence-corrected chi connectivity index (χ2v) is 17.3. The number of rotatable bonds is 18. The van der Waals surface area contributed by atoms with Gasteiger partial charge in [-0.05, 0) is 93.9 Å². The fourth-order valence-electron chi connectivity index (χ4n) is 7.42. The zero-order valence-corrected chi connectivity index (χ0v) is 33.0. The third-order valence-corrected chi connectivity index (χ3v) is 11.8. The van der Waals surface area contributed by atoms with Gasteiger partial charge in [-0.15, -0.1) is 0 Å². The molecule has 0 aliphatic carbocycles. The molecule has 7 atom stereocenters. The Morgan fingerprint density at radius 3 is 2.27 bits per heavy atom. The molecule has 0 spiro atoms. The summed E-state index contributed by atoms with van der Waals surface area (Å²) in [6.45, 7) is 16.0. The van der Waals surface area contributed by atoms with Crippen molar-refractivity contribution in [3.8, 4) is 11.5 Å². The van der Waals surface area contributed by atoms with Crippen LogP contribution < -0.4 is 20.7 Å². The second kappa shape index (κ2) is 17.3. The van der Waals surface area contributed by atoms with E-state index in [-0.39, 0.29) is 17.2 Å². The first kappa shape index (κ1) is 42.2. The number of hydrogen-bond donors (Lipinski definition) is 3. The van der Waals surface area contributed by atoms with Gasteiger partial charge in [-0.3, -0.25) is 14.0 Å². The lowest BCUT2D eigenvalue weighted by Crippen LogP contribution is -2.42. The van der Waals surface area contributed by atoms with Crippen molar-refractivity contribution in [2.45, 2.75) is 156 Å². The number of aliphatic hydroxyl groups is 1. The van der Waals surface area contributed by atoms with Crippen molar-refractivity contribution in [2.24, 2.45) is 17.8 Å². The number of aromatic nitrogens is 2. The van der Waals surface area contributed by atoms with E-state index in [1.807, 2.05) is 6.92 Å². The van der Waals surface area contributed by atoms with Gasteiger partial charge in [0.2, 0.25) is 6.23 Å². The Kier molecular flexibility index (Phi) is 14.0. The van der Waals surface area contributed by atoms with Crippen LogP contribution in [0.3, 0.4) is 0 Å². The first-order valence-corrected chi connectivity index (χ1v) is 20.3. The third kappa shape index (κ3) is 10.3. The minimum atomic E-state index is -4.90. The van der Waals surface area contributed by atoms with Crippen LogP contribution in [-0.2, 0) is 20.2 Å². The van der Waals surface area contributed by atoms with E-state index in [1.54, 1.807) is 13.8 Å². The van der Waals surface area contributed by atoms with Crippen LogP contribution in [0.2, 0.25) is 0 Å². The smallest absolute Gasteiger partial charge is 0.487 e. The average Bonchev–Trinajstić information content (AvgIpc) is 3.28. The van der Waals surface area contributed by atoms with Gasteiger partial charge in [0.05, 0.1) is 6.61 Å². The standard InChI is InChI=1S/C38H60F2N3O8P/c1-23(2)12-9-13-24(3)14-10-15-25(4)16-11-19-37(8)20-17-29-28(7)32(26(5)27(6)33(29)50-37)51-52(46,47)48-22-30-34(44)38(39,40)35(49-30)43-21-18-31(41)42-36(43)45/h18,21,23-25,30,34-35,44H,9-17,19-20,22H2,1-8H3,(H,46,47)(H2,41,42,45)/t24-,25-,30-,34-,35-,37-/m1/s1. The molecule has 1 aromatic carbocycles. The van der Waals surface area contributed by atoms with E-state index in [4.69, 9.17) is 24.3 Å². The van der Waals surface area contributed by atoms with Crippen molar-refractivity contribution >= 4 is 13.6 Å². The number of fused-ring (bicyclic) bond motifs is 1. The SMILES string of the molecule is Cc1c(C)c2c(c(C)c1OP(=O)(O)OC[C@H]1O[C@@H](n3ccc(N)nc3=O)C(F)(F)[C@@H]1O)CC[C@@](C)(CCC[C@H](C)CCC[C@H](C)CCCC(C)C)O2. The van der Waals surface area contributed by atoms with E-state index in [9.17, 15) is 28.1 Å². The predicted molar refractivity (Wildman–Crippen MR) is 197 cm³/mol. The summed E-state index contributed by atoms with van der Waals surface area (Å²) in [5.41, 5.74) is 6.87. The molecule has 1 aromatic heterocycles. The molecule has 294 valence electrons. The van der Waals surface area contributed by atoms with Gasteiger partial charge >= 0.3 is 19.4 Å². The Bertz CT molecular complexity index is 1640. The fourth-order valence-corrected chi connectivity index (χ4v) is 8.31. The molecule has 3 heterocycles. The molecule has 4 N–H and O–H groups in total. The molecule has 1 saturated heterocycles. The highest BCUT2D eigenvalue weighted by Gasteiger charge is 2.60. The number of ether oxygens (including phenoxy) is 2. The summed E-state index contributed by atoms with van der Waals surface area (Å²) in [4.78, 5) is 26.3. The molecule has 1 unspecified atom stereocenters. The summed E-state index contributed by atoms with van der Waals surface area (Å²) in [5, 5.41) is 10.3. The van der Waals surface area contributed by atoms with Gasteiger partial charge < -0.3 is 24.8 Å². The van der Waals surface area contributed by atoms with Crippen LogP contribution in [0.4, 0.5) is 14.6 Å². The Morgan fingerprint density at radius 2 is 1.65 bits per heavy atom. The number of anilines is 1. The number of phosphoric ester groups is 1. The van der Waals surface area contributed by atoms with Gasteiger partial charge in [-0.2, -0.15) is 13.8 Å². The van der Waals surface area contributed by atoms with Crippen molar-refractivity contribution in [2.75, 3.05) is 12.3 Å². The molecule has 2 aromatic rings. The topological polar surface area (TPSA) is 155 Å². The number of halogens is 2. The van der Waals surface area contributed by atoms with Crippen LogP contribution in [0.5, 0.6) is 11.5 Å². The minimum absolute atomic E-state index is 0.146. The van der Waals surface area contributed by atoms with E-state index < -0.39 is 44.5 Å². The van der Waals surface area contributed by atoms with Gasteiger partial charge in [0.15, 0.2) is 6.10 Å². The van der Waals surface area contributed by atoms with Gasteiger partial charge in [0.25, 0.3) is 0 Å². The van der Waals surface area contributed by atoms with Crippen molar-refractivity contribution < 1.29 is 41.9 Å². The van der Waals surface area contributed by atoms with Crippen LogP contribution in [0.25, 0.3) is 0 Å². The largest absolute Gasteiger partial charge is 0.527 e. The highest BCUT2D eigenvalue weighted by atomic mass is 31.2. The van der Waals surface area contributed by atoms with Crippen LogP contribution in [-0.4, -0.2) is 49.9 Å². The second-order valence-electron chi connectivity index (χ2n) is 16.0. The van der Waals surface area contributed by atoms with E-state index in [0.29, 0.717) is 28.0 Å². The number of alkyl halides is 2. The number of phosphoric acid groups is 1. The molecule has 2 aliphatic heterocycles. The Hall–Kier alpha value is -2.57. The maximum atomic E-state index is 14.9. The quantitative estimate of drug-likeness (QED) is 0.126. The average molecular weight is 756 g/mol. The molecule has 52 heavy (non-hydrogen) atoms. The first-order valence-electron chi connectivity index (χ1n) is 18.8. The van der Waals surface area contributed by atoms with Crippen molar-refractivity contribution in [3.05, 3.63) is 45.0 Å². The van der Waals surface area contributed by atoms with Crippen molar-refractivity contribution in [1.29, 1.82) is 0 Å². The molecular weight excluding hydrogens is 695 g/mol. The molecule has 4 rings (SSSR count). The molecule has 1 fully saturated rings. The lowest BCUT2D eigenvalue weighted by atomic mass is 9.84. The van der Waals surface area contributed by atoms with Crippen molar-refractivity contribution in [1.82, 2.24) is 9.55 Å². The molecule has 0 saturated carbocycles. The van der Waals surface area contributed by atoms with Gasteiger partial charge in [-0.25, -0.2) is 9.36 Å². The van der Waals surface area contributed by atoms with Gasteiger partial charge in [0, 0.05) is 11.8 Å². The zero-order valence-electron chi connectivity index (χ0n) is 32.1. The van der Waals surface area contributed by atoms with Gasteiger partial charge in [-0.1, -0.05) is 72.6 Å². The highest BCUT2D eigenvalue weighted by molar-refractivity contribution is 7.47. The number of nitrogens with zero attached hydrogens (tertiary/aromatic N) is 2. The molecule has 0 bridgehead atoms. The Labute approximate surface area is 307 Å². The number of hydrogen-bond acceptors (Lipinski definition) is 9. The summed E-state index contributed by atoms with van der Waals surface area (Å²) in [6.07, 6.45) is 6.91. The van der Waals surface area contributed by atoms with Crippen LogP contribution in [0.1, 0.15) is 127 Å². The summed E-state index contributed by atoms with van der Waals surface area (Å²) in [5.74, 6) is -0.989. The summed E-state index contributed by atoms with van der Waals surface area (Å²) < 4.78 is 66.1. The van der Waals surface area contributed by atoms with Crippen molar-refractivity contribution in [3.63, 3.8) is 0 Å². The molecule has 0 radical (unpaired) electrons. The molecule has 11 nitrogen and oxygen atoms in total. The monoisotopic (exact) mass is 755 g/mol. The van der Waals surface area contributed by atoms with Gasteiger partial charge in [0.1, 0.15) is 29.0 Å². The van der Waals surface area contributed by atoms with Crippen LogP contribution >= 0.6 is 7.82 Å². The number of aliphatic hydroxyl groups excluding tert-OH is 1. The van der Waals surface area contributed by atoms with Crippen LogP contribution in [0, 0.1) is 38.5 Å². The number of nitrogens with two attached hydrogens (primary N) is 1. The highest BCUT2D eigenvalue weighted by Crippen LogP contribution is 2.52. The Balaban J connectivity index is 1.32. The van der Waals surface area contributed by atoms with E-state index in [0.717, 1.165) is 66.7 Å². The molecule has 14 heteroatoms. The Morgan fingerprint density at radius 1 is 1.04 bits per heavy atom. The summed E-state index contributed by atoms with van der Waals surface area (Å²) in [7, 11) is -4.90. The van der Waals surface area contributed by atoms with E-state index in [1.165, 1.54) is 38.5 Å². The minimum Gasteiger partial charge on any atom is -0.487 e. The molecule has 2 aliphatic rings. The normalized spacial score (nSPS) is 25.0. The summed E-state index contributed by atoms with van der Waals surface area (Å²) >= 11 is 0. The number of benzene rings is 1. The molecule has 0 amide bonds. The lowest BCUT2D eigenvalue weighted by Gasteiger charge is -2.38. The predicted octanol–water partition coefficient (Wildman–Crippen LogP) is 8.36. The molecular formula is C38H60F2N3O8P. The third-order valence-electron chi connectivity index (χ3n) is 10.9. The fraction of sp³-hybridized carbons (Fsp3) is 0.737. The van der Waals surface area contributed by atoms with E-state index in [2.05, 4.69) is 39.6 Å². The van der Waals surface area contributed by atoms with E-state index >= 15 is 0 Å². The zero-order chi connectivity index (χ0) is 38.6. The lowest BCUT2D eigenvalue weighted by molar-refractivity contribution is -0.140. The number of nitrogen functional groups attached to an aromatic ring is 1. The maximum absolute atomic E-state index is 14.9. The van der Waals surface area contributed by atoms with Crippen LogP contribution in [0.15, 0.2) is 17.1 Å². The first-order chi connectivity index (χ1) is 24.2. The summed E-state index contributed by atoms with van der Waals surface area (Å²) in [6, 6.07) is 1.13.